The van der Waals surface area contributed by atoms with E-state index in [4.69, 9.17) is 0 Å². The van der Waals surface area contributed by atoms with Crippen molar-refractivity contribution in [3.63, 3.8) is 0 Å². The second-order valence-electron chi connectivity index (χ2n) is 7.77. The Hall–Kier alpha value is -3.23. The molecule has 0 unspecified atom stereocenters. The van der Waals surface area contributed by atoms with Gasteiger partial charge in [0.1, 0.15) is 0 Å². The van der Waals surface area contributed by atoms with Crippen molar-refractivity contribution in [2.24, 2.45) is 0 Å². The Balaban J connectivity index is 1.63. The van der Waals surface area contributed by atoms with Crippen LogP contribution in [-0.4, -0.2) is 42.2 Å². The van der Waals surface area contributed by atoms with Crippen LogP contribution in [0.5, 0.6) is 0 Å². The quantitative estimate of drug-likeness (QED) is 0.701. The van der Waals surface area contributed by atoms with Crippen molar-refractivity contribution in [1.29, 1.82) is 0 Å². The summed E-state index contributed by atoms with van der Waals surface area (Å²) in [4.78, 5) is 29.5. The number of rotatable bonds is 4. The number of hydrogen-bond donors (Lipinski definition) is 2. The largest absolute Gasteiger partial charge is 0.347 e. The number of nitrogens with one attached hydrogen (secondary N) is 2. The molecule has 2 atom stereocenters. The van der Waals surface area contributed by atoms with E-state index in [0.717, 1.165) is 17.1 Å². The van der Waals surface area contributed by atoms with Gasteiger partial charge in [-0.2, -0.15) is 10.2 Å². The van der Waals surface area contributed by atoms with E-state index in [-0.39, 0.29) is 29.9 Å². The second kappa shape index (κ2) is 7.31. The Morgan fingerprint density at radius 3 is 2.90 bits per heavy atom. The maximum Gasteiger partial charge on any atom is 0.254 e. The summed E-state index contributed by atoms with van der Waals surface area (Å²) in [6.07, 6.45) is 4.22. The number of amides is 2. The lowest BCUT2D eigenvalue weighted by molar-refractivity contribution is -0.124. The van der Waals surface area contributed by atoms with Crippen LogP contribution in [0.1, 0.15) is 66.2 Å². The van der Waals surface area contributed by atoms with Gasteiger partial charge >= 0.3 is 0 Å². The lowest BCUT2D eigenvalue weighted by Gasteiger charge is -2.33. The first-order valence-corrected chi connectivity index (χ1v) is 9.80. The first kappa shape index (κ1) is 19.1. The number of carbonyl (C=O) groups is 2. The molecular weight excluding hydrogens is 370 g/mol. The summed E-state index contributed by atoms with van der Waals surface area (Å²) in [7, 11) is 0. The molecule has 0 spiro atoms. The van der Waals surface area contributed by atoms with Crippen LogP contribution in [0.3, 0.4) is 0 Å². The Kier molecular flexibility index (Phi) is 4.81. The minimum atomic E-state index is -0.339. The van der Waals surface area contributed by atoms with Gasteiger partial charge in [-0.1, -0.05) is 0 Å². The molecule has 1 fully saturated rings. The molecule has 2 N–H and O–H groups in total. The van der Waals surface area contributed by atoms with Gasteiger partial charge in [-0.3, -0.25) is 14.3 Å². The molecule has 3 aromatic rings. The number of piperidine rings is 1. The molecule has 1 saturated heterocycles. The maximum atomic E-state index is 13.1. The highest BCUT2D eigenvalue weighted by molar-refractivity contribution is 5.95. The zero-order chi connectivity index (χ0) is 20.7. The van der Waals surface area contributed by atoms with Gasteiger partial charge < -0.3 is 10.6 Å². The molecule has 1 aliphatic heterocycles. The van der Waals surface area contributed by atoms with E-state index in [1.54, 1.807) is 16.9 Å². The molecule has 0 bridgehead atoms. The van der Waals surface area contributed by atoms with Crippen molar-refractivity contribution in [1.82, 2.24) is 35.0 Å². The van der Waals surface area contributed by atoms with Crippen molar-refractivity contribution >= 4 is 17.5 Å². The Morgan fingerprint density at radius 2 is 2.14 bits per heavy atom. The van der Waals surface area contributed by atoms with E-state index in [0.29, 0.717) is 24.1 Å². The van der Waals surface area contributed by atoms with E-state index in [1.165, 1.54) is 0 Å². The maximum absolute atomic E-state index is 13.1. The van der Waals surface area contributed by atoms with Gasteiger partial charge in [-0.25, -0.2) is 9.50 Å². The highest BCUT2D eigenvalue weighted by Gasteiger charge is 2.34. The molecule has 0 saturated carbocycles. The van der Waals surface area contributed by atoms with Gasteiger partial charge in [0, 0.05) is 30.9 Å². The summed E-state index contributed by atoms with van der Waals surface area (Å²) < 4.78 is 3.55. The van der Waals surface area contributed by atoms with Gasteiger partial charge in [-0.15, -0.1) is 0 Å². The van der Waals surface area contributed by atoms with Crippen LogP contribution in [0, 0.1) is 13.8 Å². The lowest BCUT2D eigenvalue weighted by atomic mass is 9.94. The predicted molar refractivity (Wildman–Crippen MR) is 106 cm³/mol. The van der Waals surface area contributed by atoms with Gasteiger partial charge in [0.15, 0.2) is 5.65 Å². The summed E-state index contributed by atoms with van der Waals surface area (Å²) in [5, 5.41) is 14.9. The van der Waals surface area contributed by atoms with Crippen LogP contribution in [0.15, 0.2) is 24.5 Å². The number of aromatic nitrogens is 5. The van der Waals surface area contributed by atoms with Crippen molar-refractivity contribution in [3.05, 3.63) is 47.2 Å². The first-order valence-electron chi connectivity index (χ1n) is 9.80. The number of hydrogen-bond acceptors (Lipinski definition) is 5. The molecule has 152 valence electrons. The smallest absolute Gasteiger partial charge is 0.254 e. The van der Waals surface area contributed by atoms with Crippen molar-refractivity contribution in [3.8, 4) is 0 Å². The topological polar surface area (TPSA) is 106 Å². The first-order chi connectivity index (χ1) is 13.8. The molecule has 3 aromatic heterocycles. The normalized spacial score (nSPS) is 19.6. The van der Waals surface area contributed by atoms with E-state index in [9.17, 15) is 9.59 Å². The molecule has 4 heterocycles. The number of nitrogens with zero attached hydrogens (tertiary/aromatic N) is 5. The van der Waals surface area contributed by atoms with Crippen molar-refractivity contribution in [2.75, 3.05) is 0 Å². The standard InChI is InChI=1S/C20H25N7O2/c1-11(2)26-16(7-8-22-26)19-15(5-6-18(28)24-19)23-20(29)14-10-21-17-9-12(3)25-27(17)13(14)4/h7-11,15,19H,5-6H2,1-4H3,(H,23,29)(H,24,28)/t15-,19-/m1/s1. The SMILES string of the molecule is Cc1cc2ncc(C(=O)N[C@@H]3CCC(=O)N[C@H]3c3ccnn3C(C)C)c(C)n2n1. The third kappa shape index (κ3) is 3.48. The molecule has 1 aliphatic rings. The number of carbonyl (C=O) groups excluding carboxylic acids is 2. The van der Waals surface area contributed by atoms with Crippen LogP contribution in [0.4, 0.5) is 0 Å². The molecule has 0 aliphatic carbocycles. The summed E-state index contributed by atoms with van der Waals surface area (Å²) >= 11 is 0. The van der Waals surface area contributed by atoms with E-state index < -0.39 is 0 Å². The van der Waals surface area contributed by atoms with Gasteiger partial charge in [0.25, 0.3) is 5.91 Å². The fourth-order valence-electron chi connectivity index (χ4n) is 3.87. The second-order valence-corrected chi connectivity index (χ2v) is 7.77. The lowest BCUT2D eigenvalue weighted by Crippen LogP contribution is -2.51. The molecule has 9 heteroatoms. The minimum Gasteiger partial charge on any atom is -0.347 e. The summed E-state index contributed by atoms with van der Waals surface area (Å²) in [6, 6.07) is 3.32. The molecule has 9 nitrogen and oxygen atoms in total. The van der Waals surface area contributed by atoms with Gasteiger partial charge in [0.2, 0.25) is 5.91 Å². The average molecular weight is 395 g/mol. The molecule has 4 rings (SSSR count). The van der Waals surface area contributed by atoms with Crippen molar-refractivity contribution < 1.29 is 9.59 Å². The molecule has 0 aromatic carbocycles. The monoisotopic (exact) mass is 395 g/mol. The average Bonchev–Trinajstić information content (AvgIpc) is 3.30. The van der Waals surface area contributed by atoms with E-state index in [1.807, 2.05) is 44.5 Å². The van der Waals surface area contributed by atoms with E-state index >= 15 is 0 Å². The van der Waals surface area contributed by atoms with Crippen LogP contribution in [-0.2, 0) is 4.79 Å². The van der Waals surface area contributed by atoms with Gasteiger partial charge in [0.05, 0.1) is 34.7 Å². The minimum absolute atomic E-state index is 0.0247. The summed E-state index contributed by atoms with van der Waals surface area (Å²) in [6.45, 7) is 7.81. The highest BCUT2D eigenvalue weighted by atomic mass is 16.2. The van der Waals surface area contributed by atoms with Crippen molar-refractivity contribution in [2.45, 2.75) is 58.7 Å². The molecule has 0 radical (unpaired) electrons. The Labute approximate surface area is 168 Å². The molecular formula is C20H25N7O2. The highest BCUT2D eigenvalue weighted by Crippen LogP contribution is 2.26. The summed E-state index contributed by atoms with van der Waals surface area (Å²) in [5.74, 6) is -0.255. The van der Waals surface area contributed by atoms with Crippen LogP contribution in [0.2, 0.25) is 0 Å². The number of aryl methyl sites for hydroxylation is 2. The van der Waals surface area contributed by atoms with Crippen LogP contribution < -0.4 is 10.6 Å². The van der Waals surface area contributed by atoms with Gasteiger partial charge in [-0.05, 0) is 40.2 Å². The van der Waals surface area contributed by atoms with Crippen LogP contribution in [0.25, 0.3) is 5.65 Å². The Bertz CT molecular complexity index is 1080. The van der Waals surface area contributed by atoms with Crippen LogP contribution >= 0.6 is 0 Å². The zero-order valence-electron chi connectivity index (χ0n) is 17.0. The molecule has 2 amide bonds. The Morgan fingerprint density at radius 1 is 1.34 bits per heavy atom. The fraction of sp³-hybridized carbons (Fsp3) is 0.450. The van der Waals surface area contributed by atoms with E-state index in [2.05, 4.69) is 25.8 Å². The molecule has 29 heavy (non-hydrogen) atoms. The predicted octanol–water partition coefficient (Wildman–Crippen LogP) is 1.87. The third-order valence-corrected chi connectivity index (χ3v) is 5.32. The number of fused-ring (bicyclic) bond motifs is 1. The summed E-state index contributed by atoms with van der Waals surface area (Å²) in [5.41, 5.74) is 3.62. The zero-order valence-corrected chi connectivity index (χ0v) is 17.0. The third-order valence-electron chi connectivity index (χ3n) is 5.32. The fourth-order valence-corrected chi connectivity index (χ4v) is 3.87.